The lowest BCUT2D eigenvalue weighted by Gasteiger charge is -2.18. The summed E-state index contributed by atoms with van der Waals surface area (Å²) in [5, 5.41) is 0. The maximum atomic E-state index is 12.9. The van der Waals surface area contributed by atoms with Crippen LogP contribution in [0.25, 0.3) is 0 Å². The van der Waals surface area contributed by atoms with Gasteiger partial charge in [0, 0.05) is 12.3 Å². The van der Waals surface area contributed by atoms with Crippen LogP contribution in [0.2, 0.25) is 0 Å². The molecule has 1 atom stereocenters. The fraction of sp³-hybridized carbons (Fsp3) is 0.400. The number of halogens is 1. The molecule has 1 aliphatic rings. The maximum Gasteiger partial charge on any atom is 0.303 e. The van der Waals surface area contributed by atoms with E-state index in [4.69, 9.17) is 4.74 Å². The number of carbonyl (C=O) groups excluding carboxylic acids is 1. The highest BCUT2D eigenvalue weighted by atomic mass is 19.1. The van der Waals surface area contributed by atoms with E-state index >= 15 is 0 Å². The fourth-order valence-electron chi connectivity index (χ4n) is 2.31. The molecule has 0 spiro atoms. The van der Waals surface area contributed by atoms with Crippen LogP contribution >= 0.6 is 0 Å². The van der Waals surface area contributed by atoms with Crippen LogP contribution in [0.1, 0.15) is 39.4 Å². The van der Waals surface area contributed by atoms with Crippen molar-refractivity contribution in [1.29, 1.82) is 0 Å². The number of rotatable bonds is 3. The van der Waals surface area contributed by atoms with Gasteiger partial charge in [0.25, 0.3) is 0 Å². The van der Waals surface area contributed by atoms with E-state index in [1.54, 1.807) is 12.1 Å². The standard InChI is InChI=1S/C15H17FO2/c1-9-13(15(9,3)4)14(18-10(2)17)11-5-7-12(16)8-6-11/h5-8,14H,1-4H3. The number of benzene rings is 1. The van der Waals surface area contributed by atoms with Crippen LogP contribution in [0.4, 0.5) is 4.39 Å². The Labute approximate surface area is 106 Å². The molecule has 0 aromatic heterocycles. The van der Waals surface area contributed by atoms with Crippen LogP contribution in [0.15, 0.2) is 35.4 Å². The summed E-state index contributed by atoms with van der Waals surface area (Å²) in [6, 6.07) is 6.10. The first kappa shape index (κ1) is 12.8. The van der Waals surface area contributed by atoms with Gasteiger partial charge in [-0.2, -0.15) is 0 Å². The van der Waals surface area contributed by atoms with E-state index < -0.39 is 6.10 Å². The molecule has 0 aliphatic heterocycles. The van der Waals surface area contributed by atoms with Crippen molar-refractivity contribution in [3.8, 4) is 0 Å². The molecule has 2 nitrogen and oxygen atoms in total. The fourth-order valence-corrected chi connectivity index (χ4v) is 2.31. The van der Waals surface area contributed by atoms with Crippen molar-refractivity contribution < 1.29 is 13.9 Å². The first-order valence-corrected chi connectivity index (χ1v) is 5.98. The molecule has 0 saturated heterocycles. The lowest BCUT2D eigenvalue weighted by Crippen LogP contribution is -2.11. The molecule has 0 amide bonds. The number of hydrogen-bond acceptors (Lipinski definition) is 2. The van der Waals surface area contributed by atoms with Gasteiger partial charge in [-0.25, -0.2) is 4.39 Å². The van der Waals surface area contributed by atoms with Crippen LogP contribution in [-0.2, 0) is 9.53 Å². The molecular formula is C15H17FO2. The molecule has 0 bridgehead atoms. The van der Waals surface area contributed by atoms with Crippen molar-refractivity contribution in [2.75, 3.05) is 0 Å². The van der Waals surface area contributed by atoms with Gasteiger partial charge in [0.1, 0.15) is 11.9 Å². The summed E-state index contributed by atoms with van der Waals surface area (Å²) >= 11 is 0. The van der Waals surface area contributed by atoms with E-state index in [0.29, 0.717) is 0 Å². The average Bonchev–Trinajstić information content (AvgIpc) is 2.76. The Morgan fingerprint density at radius 3 is 2.17 bits per heavy atom. The number of esters is 1. The minimum Gasteiger partial charge on any atom is -0.453 e. The van der Waals surface area contributed by atoms with Gasteiger partial charge in [-0.15, -0.1) is 0 Å². The summed E-state index contributed by atoms with van der Waals surface area (Å²) in [5.74, 6) is -0.617. The van der Waals surface area contributed by atoms with Crippen molar-refractivity contribution >= 4 is 5.97 Å². The lowest BCUT2D eigenvalue weighted by molar-refractivity contribution is -0.144. The van der Waals surface area contributed by atoms with Gasteiger partial charge in [0.15, 0.2) is 0 Å². The van der Waals surface area contributed by atoms with Gasteiger partial charge in [0.2, 0.25) is 0 Å². The highest BCUT2D eigenvalue weighted by Gasteiger charge is 2.47. The van der Waals surface area contributed by atoms with E-state index in [1.165, 1.54) is 24.6 Å². The molecule has 0 radical (unpaired) electrons. The second-order valence-electron chi connectivity index (χ2n) is 5.20. The number of hydrogen-bond donors (Lipinski definition) is 0. The first-order chi connectivity index (χ1) is 8.34. The Morgan fingerprint density at radius 1 is 1.28 bits per heavy atom. The maximum absolute atomic E-state index is 12.9. The van der Waals surface area contributed by atoms with Crippen molar-refractivity contribution in [3.63, 3.8) is 0 Å². The molecule has 1 unspecified atom stereocenters. The summed E-state index contributed by atoms with van der Waals surface area (Å²) in [6.07, 6.45) is -0.391. The normalized spacial score (nSPS) is 18.5. The van der Waals surface area contributed by atoms with E-state index in [-0.39, 0.29) is 17.2 Å². The summed E-state index contributed by atoms with van der Waals surface area (Å²) < 4.78 is 18.3. The number of allylic oxidation sites excluding steroid dienone is 1. The third kappa shape index (κ3) is 2.17. The van der Waals surface area contributed by atoms with Crippen LogP contribution in [0.3, 0.4) is 0 Å². The number of carbonyl (C=O) groups is 1. The molecule has 1 aliphatic carbocycles. The second kappa shape index (κ2) is 4.23. The minimum absolute atomic E-state index is 0.00545. The van der Waals surface area contributed by atoms with E-state index in [2.05, 4.69) is 13.8 Å². The Kier molecular flexibility index (Phi) is 3.01. The molecule has 96 valence electrons. The highest BCUT2D eigenvalue weighted by molar-refractivity contribution is 5.67. The predicted octanol–water partition coefficient (Wildman–Crippen LogP) is 3.79. The topological polar surface area (TPSA) is 26.3 Å². The summed E-state index contributed by atoms with van der Waals surface area (Å²) in [6.45, 7) is 7.62. The van der Waals surface area contributed by atoms with Crippen molar-refractivity contribution in [1.82, 2.24) is 0 Å². The Morgan fingerprint density at radius 2 is 1.78 bits per heavy atom. The van der Waals surface area contributed by atoms with Crippen molar-refractivity contribution in [3.05, 3.63) is 46.8 Å². The lowest BCUT2D eigenvalue weighted by atomic mass is 9.97. The number of ether oxygens (including phenoxy) is 1. The van der Waals surface area contributed by atoms with E-state index in [9.17, 15) is 9.18 Å². The molecule has 1 aromatic rings. The summed E-state index contributed by atoms with van der Waals surface area (Å²) in [7, 11) is 0. The van der Waals surface area contributed by atoms with Gasteiger partial charge < -0.3 is 4.74 Å². The molecule has 1 aromatic carbocycles. The largest absolute Gasteiger partial charge is 0.453 e. The Bertz CT molecular complexity index is 512. The van der Waals surface area contributed by atoms with Gasteiger partial charge >= 0.3 is 5.97 Å². The Hall–Kier alpha value is -1.64. The molecule has 0 fully saturated rings. The predicted molar refractivity (Wildman–Crippen MR) is 67.4 cm³/mol. The summed E-state index contributed by atoms with van der Waals surface area (Å²) in [5.41, 5.74) is 3.16. The smallest absolute Gasteiger partial charge is 0.303 e. The SMILES string of the molecule is CC(=O)OC(C1=C(C)C1(C)C)c1ccc(F)cc1. The average molecular weight is 248 g/mol. The Balaban J connectivity index is 2.33. The van der Waals surface area contributed by atoms with Crippen molar-refractivity contribution in [2.45, 2.75) is 33.8 Å². The summed E-state index contributed by atoms with van der Waals surface area (Å²) in [4.78, 5) is 11.2. The minimum atomic E-state index is -0.391. The molecule has 0 saturated carbocycles. The van der Waals surface area contributed by atoms with Crippen LogP contribution in [-0.4, -0.2) is 5.97 Å². The highest BCUT2D eigenvalue weighted by Crippen LogP contribution is 2.58. The van der Waals surface area contributed by atoms with Crippen LogP contribution < -0.4 is 0 Å². The third-order valence-electron chi connectivity index (χ3n) is 3.67. The zero-order valence-corrected chi connectivity index (χ0v) is 11.1. The molecule has 0 heterocycles. The van der Waals surface area contributed by atoms with Crippen LogP contribution in [0, 0.1) is 11.2 Å². The molecule has 3 heteroatoms. The quantitative estimate of drug-likeness (QED) is 0.601. The zero-order valence-electron chi connectivity index (χ0n) is 11.1. The van der Waals surface area contributed by atoms with Gasteiger partial charge in [-0.3, -0.25) is 4.79 Å². The van der Waals surface area contributed by atoms with Gasteiger partial charge in [0.05, 0.1) is 0 Å². The molecule has 0 N–H and O–H groups in total. The van der Waals surface area contributed by atoms with Gasteiger partial charge in [-0.1, -0.05) is 31.6 Å². The van der Waals surface area contributed by atoms with E-state index in [1.807, 2.05) is 6.92 Å². The molecular weight excluding hydrogens is 231 g/mol. The second-order valence-corrected chi connectivity index (χ2v) is 5.20. The monoisotopic (exact) mass is 248 g/mol. The molecule has 2 rings (SSSR count). The van der Waals surface area contributed by atoms with Crippen LogP contribution in [0.5, 0.6) is 0 Å². The zero-order chi connectivity index (χ0) is 13.5. The molecule has 18 heavy (non-hydrogen) atoms. The third-order valence-corrected chi connectivity index (χ3v) is 3.67. The van der Waals surface area contributed by atoms with Gasteiger partial charge in [-0.05, 0) is 30.2 Å². The van der Waals surface area contributed by atoms with E-state index in [0.717, 1.165) is 11.1 Å². The van der Waals surface area contributed by atoms with Crippen molar-refractivity contribution in [2.24, 2.45) is 5.41 Å². The first-order valence-electron chi connectivity index (χ1n) is 5.98.